The summed E-state index contributed by atoms with van der Waals surface area (Å²) in [5, 5.41) is 5.48. The third-order valence-corrected chi connectivity index (χ3v) is 6.95. The topological polar surface area (TPSA) is 114 Å². The van der Waals surface area contributed by atoms with Crippen LogP contribution in [0.4, 0.5) is 10.8 Å². The van der Waals surface area contributed by atoms with Gasteiger partial charge in [0.2, 0.25) is 5.91 Å². The number of carbonyl (C=O) groups is 1. The minimum atomic E-state index is -3.71. The molecule has 0 aliphatic rings. The Morgan fingerprint density at radius 2 is 1.83 bits per heavy atom. The molecular weight excluding hydrogens is 442 g/mol. The van der Waals surface area contributed by atoms with Crippen LogP contribution < -0.4 is 10.0 Å². The quantitative estimate of drug-likeness (QED) is 0.281. The fourth-order valence-corrected chi connectivity index (χ4v) is 5.22. The van der Waals surface area contributed by atoms with Crippen molar-refractivity contribution in [2.24, 2.45) is 0 Å². The van der Waals surface area contributed by atoms with E-state index in [4.69, 9.17) is 0 Å². The summed E-state index contributed by atoms with van der Waals surface area (Å²) in [5.41, 5.74) is 2.39. The Hall–Kier alpha value is -2.50. The second kappa shape index (κ2) is 10.0. The zero-order valence-electron chi connectivity index (χ0n) is 16.5. The fraction of sp³-hybridized carbons (Fsp3) is 0.263. The molecule has 8 nitrogen and oxygen atoms in total. The molecule has 0 saturated carbocycles. The second-order valence-corrected chi connectivity index (χ2v) is 10.0. The van der Waals surface area contributed by atoms with Gasteiger partial charge in [-0.1, -0.05) is 11.8 Å². The second-order valence-electron chi connectivity index (χ2n) is 6.40. The molecule has 0 fully saturated rings. The van der Waals surface area contributed by atoms with E-state index in [2.05, 4.69) is 25.0 Å². The van der Waals surface area contributed by atoms with Crippen LogP contribution in [0.25, 0.3) is 0 Å². The predicted molar refractivity (Wildman–Crippen MR) is 119 cm³/mol. The van der Waals surface area contributed by atoms with Crippen molar-refractivity contribution in [2.75, 3.05) is 15.8 Å². The van der Waals surface area contributed by atoms with Crippen LogP contribution >= 0.6 is 23.1 Å². The third-order valence-electron chi connectivity index (χ3n) is 3.84. The molecule has 3 rings (SSSR count). The standard InChI is InChI=1S/C19H21N5O3S3/c1-13-12-14(2)22-19(21-13)28-10-3-4-17(25)23-15-5-7-16(8-6-15)30(26,27)24-18-20-9-11-29-18/h5-9,11-12H,3-4,10H2,1-2H3,(H,20,24)(H,23,25). The van der Waals surface area contributed by atoms with Crippen LogP contribution in [-0.2, 0) is 14.8 Å². The van der Waals surface area contributed by atoms with Gasteiger partial charge in [-0.2, -0.15) is 0 Å². The number of hydrogen-bond donors (Lipinski definition) is 2. The maximum atomic E-state index is 12.3. The number of amides is 1. The lowest BCUT2D eigenvalue weighted by Crippen LogP contribution is -2.14. The zero-order valence-corrected chi connectivity index (χ0v) is 18.9. The number of hydrogen-bond acceptors (Lipinski definition) is 8. The van der Waals surface area contributed by atoms with Gasteiger partial charge in [0.05, 0.1) is 4.90 Å². The number of anilines is 2. The molecule has 3 aromatic rings. The van der Waals surface area contributed by atoms with Crippen molar-refractivity contribution in [2.45, 2.75) is 36.7 Å². The van der Waals surface area contributed by atoms with Crippen molar-refractivity contribution in [1.29, 1.82) is 0 Å². The predicted octanol–water partition coefficient (Wildman–Crippen LogP) is 3.86. The fourth-order valence-electron chi connectivity index (χ4n) is 2.54. The first-order valence-electron chi connectivity index (χ1n) is 9.09. The number of rotatable bonds is 9. The van der Waals surface area contributed by atoms with Crippen molar-refractivity contribution >= 4 is 49.8 Å². The van der Waals surface area contributed by atoms with Gasteiger partial charge in [-0.05, 0) is 50.6 Å². The van der Waals surface area contributed by atoms with Crippen molar-refractivity contribution in [3.63, 3.8) is 0 Å². The van der Waals surface area contributed by atoms with Crippen LogP contribution in [-0.4, -0.2) is 35.0 Å². The summed E-state index contributed by atoms with van der Waals surface area (Å²) in [6.07, 6.45) is 2.55. The lowest BCUT2D eigenvalue weighted by Gasteiger charge is -2.08. The van der Waals surface area contributed by atoms with Gasteiger partial charge in [-0.3, -0.25) is 9.52 Å². The minimum Gasteiger partial charge on any atom is -0.326 e. The Morgan fingerprint density at radius 3 is 2.47 bits per heavy atom. The third kappa shape index (κ3) is 6.51. The zero-order chi connectivity index (χ0) is 21.6. The molecule has 0 radical (unpaired) electrons. The van der Waals surface area contributed by atoms with Crippen LogP contribution in [0.15, 0.2) is 52.0 Å². The summed E-state index contributed by atoms with van der Waals surface area (Å²) in [6.45, 7) is 3.86. The van der Waals surface area contributed by atoms with E-state index < -0.39 is 10.0 Å². The highest BCUT2D eigenvalue weighted by Gasteiger charge is 2.15. The number of aryl methyl sites for hydroxylation is 2. The number of carbonyl (C=O) groups excluding carboxylic acids is 1. The first kappa shape index (κ1) is 22.2. The monoisotopic (exact) mass is 463 g/mol. The van der Waals surface area contributed by atoms with E-state index in [0.717, 1.165) is 22.3 Å². The molecule has 0 unspecified atom stereocenters. The van der Waals surface area contributed by atoms with Crippen molar-refractivity contribution in [1.82, 2.24) is 15.0 Å². The summed E-state index contributed by atoms with van der Waals surface area (Å²) in [4.78, 5) is 24.9. The maximum Gasteiger partial charge on any atom is 0.263 e. The first-order valence-corrected chi connectivity index (χ1v) is 12.4. The van der Waals surface area contributed by atoms with E-state index in [-0.39, 0.29) is 10.8 Å². The average Bonchev–Trinajstić information content (AvgIpc) is 3.17. The van der Waals surface area contributed by atoms with Crippen LogP contribution in [0.5, 0.6) is 0 Å². The first-order chi connectivity index (χ1) is 14.3. The van der Waals surface area contributed by atoms with E-state index >= 15 is 0 Å². The number of thioether (sulfide) groups is 1. The number of thiazole rings is 1. The maximum absolute atomic E-state index is 12.3. The van der Waals surface area contributed by atoms with E-state index in [1.54, 1.807) is 17.5 Å². The normalized spacial score (nSPS) is 11.3. The van der Waals surface area contributed by atoms with Gasteiger partial charge in [-0.25, -0.2) is 23.4 Å². The van der Waals surface area contributed by atoms with E-state index in [1.807, 2.05) is 19.9 Å². The molecule has 2 aromatic heterocycles. The largest absolute Gasteiger partial charge is 0.326 e. The highest BCUT2D eigenvalue weighted by molar-refractivity contribution is 7.99. The molecule has 0 spiro atoms. The highest BCUT2D eigenvalue weighted by atomic mass is 32.2. The molecule has 1 amide bonds. The Labute approximate surface area is 183 Å². The summed E-state index contributed by atoms with van der Waals surface area (Å²) < 4.78 is 27.1. The number of benzene rings is 1. The van der Waals surface area contributed by atoms with E-state index in [0.29, 0.717) is 23.7 Å². The molecule has 30 heavy (non-hydrogen) atoms. The van der Waals surface area contributed by atoms with Gasteiger partial charge in [0.1, 0.15) is 0 Å². The van der Waals surface area contributed by atoms with Crippen LogP contribution in [0, 0.1) is 13.8 Å². The summed E-state index contributed by atoms with van der Waals surface area (Å²) in [7, 11) is -3.71. The Morgan fingerprint density at radius 1 is 1.13 bits per heavy atom. The minimum absolute atomic E-state index is 0.0977. The summed E-state index contributed by atoms with van der Waals surface area (Å²) in [6, 6.07) is 7.93. The number of aromatic nitrogens is 3. The molecular formula is C19H21N5O3S3. The van der Waals surface area contributed by atoms with Gasteiger partial charge >= 0.3 is 0 Å². The Bertz CT molecular complexity index is 1080. The summed E-state index contributed by atoms with van der Waals surface area (Å²) in [5.74, 6) is 0.601. The van der Waals surface area contributed by atoms with E-state index in [9.17, 15) is 13.2 Å². The molecule has 0 saturated heterocycles. The van der Waals surface area contributed by atoms with Crippen molar-refractivity contribution < 1.29 is 13.2 Å². The molecule has 2 N–H and O–H groups in total. The van der Waals surface area contributed by atoms with Crippen LogP contribution in [0.1, 0.15) is 24.2 Å². The van der Waals surface area contributed by atoms with Crippen molar-refractivity contribution in [3.8, 4) is 0 Å². The average molecular weight is 464 g/mol. The van der Waals surface area contributed by atoms with Gasteiger partial charge in [0.15, 0.2) is 10.3 Å². The Kier molecular flexibility index (Phi) is 7.40. The number of nitrogens with one attached hydrogen (secondary N) is 2. The molecule has 11 heteroatoms. The van der Waals surface area contributed by atoms with Crippen LogP contribution in [0.2, 0.25) is 0 Å². The van der Waals surface area contributed by atoms with Crippen molar-refractivity contribution in [3.05, 3.63) is 53.3 Å². The van der Waals surface area contributed by atoms with E-state index in [1.165, 1.54) is 41.4 Å². The van der Waals surface area contributed by atoms with Crippen LogP contribution in [0.3, 0.4) is 0 Å². The number of sulfonamides is 1. The number of nitrogens with zero attached hydrogens (tertiary/aromatic N) is 3. The molecule has 1 aromatic carbocycles. The molecule has 158 valence electrons. The van der Waals surface area contributed by atoms with Gasteiger partial charge < -0.3 is 5.32 Å². The van der Waals surface area contributed by atoms with Gasteiger partial charge in [0.25, 0.3) is 10.0 Å². The Balaban J connectivity index is 1.46. The molecule has 0 aliphatic carbocycles. The smallest absolute Gasteiger partial charge is 0.263 e. The SMILES string of the molecule is Cc1cc(C)nc(SCCCC(=O)Nc2ccc(S(=O)(=O)Nc3nccs3)cc2)n1. The van der Waals surface area contributed by atoms with Gasteiger partial charge in [-0.15, -0.1) is 11.3 Å². The molecule has 2 heterocycles. The molecule has 0 aliphatic heterocycles. The lowest BCUT2D eigenvalue weighted by molar-refractivity contribution is -0.116. The highest BCUT2D eigenvalue weighted by Crippen LogP contribution is 2.20. The molecule has 0 bridgehead atoms. The summed E-state index contributed by atoms with van der Waals surface area (Å²) >= 11 is 2.72. The lowest BCUT2D eigenvalue weighted by atomic mass is 10.3. The molecule has 0 atom stereocenters. The van der Waals surface area contributed by atoms with Gasteiger partial charge in [0, 0.05) is 40.8 Å².